The van der Waals surface area contributed by atoms with E-state index in [4.69, 9.17) is 11.8 Å². The van der Waals surface area contributed by atoms with Crippen molar-refractivity contribution in [3.05, 3.63) is 0 Å². The molecule has 0 spiro atoms. The molecule has 0 unspecified atom stereocenters. The van der Waals surface area contributed by atoms with Crippen molar-refractivity contribution >= 4 is 20.0 Å². The molecule has 0 aromatic carbocycles. The monoisotopic (exact) mass is 247 g/mol. The van der Waals surface area contributed by atoms with E-state index >= 15 is 0 Å². The van der Waals surface area contributed by atoms with Crippen LogP contribution in [0.5, 0.6) is 0 Å². The van der Waals surface area contributed by atoms with Gasteiger partial charge in [-0.15, -0.1) is 0 Å². The Morgan fingerprint density at radius 2 is 1.50 bits per heavy atom. The van der Waals surface area contributed by atoms with Crippen LogP contribution in [0.25, 0.3) is 0 Å². The fourth-order valence-corrected chi connectivity index (χ4v) is 2.92. The molecule has 0 rings (SSSR count). The minimum Gasteiger partial charge on any atom is -0.233 e. The van der Waals surface area contributed by atoms with E-state index in [2.05, 4.69) is 0 Å². The highest BCUT2D eigenvalue weighted by molar-refractivity contribution is 6.81. The maximum absolute atomic E-state index is 12.1. The zero-order valence-electron chi connectivity index (χ0n) is 9.17. The molecular formula is C8H17ClF3NSi. The van der Waals surface area contributed by atoms with E-state index in [9.17, 15) is 13.2 Å². The quantitative estimate of drug-likeness (QED) is 0.527. The molecule has 0 radical (unpaired) electrons. The lowest BCUT2D eigenvalue weighted by Crippen LogP contribution is -2.52. The summed E-state index contributed by atoms with van der Waals surface area (Å²) >= 11 is 5.72. The summed E-state index contributed by atoms with van der Waals surface area (Å²) in [6.07, 6.45) is -4.22. The maximum Gasteiger partial charge on any atom is 0.401 e. The van der Waals surface area contributed by atoms with E-state index in [1.165, 1.54) is 0 Å². The van der Waals surface area contributed by atoms with Crippen molar-refractivity contribution in [1.82, 2.24) is 4.08 Å². The van der Waals surface area contributed by atoms with Gasteiger partial charge < -0.3 is 0 Å². The third kappa shape index (κ3) is 3.79. The van der Waals surface area contributed by atoms with Crippen molar-refractivity contribution in [3.63, 3.8) is 0 Å². The number of hydrogen-bond acceptors (Lipinski definition) is 1. The highest BCUT2D eigenvalue weighted by Gasteiger charge is 2.44. The molecule has 0 aromatic heterocycles. The zero-order valence-corrected chi connectivity index (χ0v) is 10.9. The molecular weight excluding hydrogens is 231 g/mol. The molecule has 0 aromatic rings. The Morgan fingerprint density at radius 3 is 1.71 bits per heavy atom. The fraction of sp³-hybridized carbons (Fsp3) is 1.00. The summed E-state index contributed by atoms with van der Waals surface area (Å²) in [7, 11) is -2.24. The van der Waals surface area contributed by atoms with Gasteiger partial charge in [0.2, 0.25) is 0 Å². The average molecular weight is 248 g/mol. The van der Waals surface area contributed by atoms with Gasteiger partial charge in [0.1, 0.15) is 14.8 Å². The first-order valence-corrected chi connectivity index (χ1v) is 7.66. The normalized spacial score (nSPS) is 15.0. The predicted octanol–water partition coefficient (Wildman–Crippen LogP) is 4.01. The van der Waals surface area contributed by atoms with E-state index in [0.717, 1.165) is 4.08 Å². The molecule has 86 valence electrons. The van der Waals surface area contributed by atoms with Crippen molar-refractivity contribution in [1.29, 1.82) is 0 Å². The molecule has 0 aliphatic carbocycles. The molecule has 6 heteroatoms. The predicted molar refractivity (Wildman–Crippen MR) is 55.8 cm³/mol. The number of nitrogens with zero attached hydrogens (tertiary/aromatic N) is 1. The summed E-state index contributed by atoms with van der Waals surface area (Å²) in [6.45, 7) is 8.41. The molecule has 0 heterocycles. The number of hydrogen-bond donors (Lipinski definition) is 0. The minimum atomic E-state index is -4.22. The Labute approximate surface area is 89.4 Å². The van der Waals surface area contributed by atoms with Crippen molar-refractivity contribution in [2.75, 3.05) is 6.54 Å². The van der Waals surface area contributed by atoms with Crippen molar-refractivity contribution in [2.24, 2.45) is 0 Å². The van der Waals surface area contributed by atoms with Gasteiger partial charge in [-0.25, -0.2) is 4.08 Å². The molecule has 0 bridgehead atoms. The molecule has 1 nitrogen and oxygen atoms in total. The summed E-state index contributed by atoms with van der Waals surface area (Å²) in [5.74, 6) is 0. The first-order valence-electron chi connectivity index (χ1n) is 4.38. The Bertz CT molecular complexity index is 198. The van der Waals surface area contributed by atoms with Gasteiger partial charge in [0.25, 0.3) is 0 Å². The lowest BCUT2D eigenvalue weighted by molar-refractivity contribution is -0.130. The van der Waals surface area contributed by atoms with Crippen LogP contribution in [0, 0.1) is 0 Å². The number of alkyl halides is 3. The molecule has 0 aliphatic rings. The van der Waals surface area contributed by atoms with Crippen LogP contribution >= 0.6 is 11.8 Å². The van der Waals surface area contributed by atoms with E-state index < -0.39 is 21.0 Å². The van der Waals surface area contributed by atoms with Gasteiger partial charge in [-0.2, -0.15) is 13.2 Å². The van der Waals surface area contributed by atoms with Crippen molar-refractivity contribution in [2.45, 2.75) is 45.1 Å². The summed E-state index contributed by atoms with van der Waals surface area (Å²) < 4.78 is 37.3. The molecule has 0 aliphatic heterocycles. The van der Waals surface area contributed by atoms with E-state index in [0.29, 0.717) is 0 Å². The van der Waals surface area contributed by atoms with E-state index in [1.54, 1.807) is 0 Å². The average Bonchev–Trinajstić information content (AvgIpc) is 1.80. The molecule has 0 atom stereocenters. The van der Waals surface area contributed by atoms with Crippen LogP contribution in [-0.2, 0) is 0 Å². The van der Waals surface area contributed by atoms with Crippen LogP contribution < -0.4 is 0 Å². The minimum absolute atomic E-state index is 0.181. The third-order valence-electron chi connectivity index (χ3n) is 2.76. The molecule has 14 heavy (non-hydrogen) atoms. The summed E-state index contributed by atoms with van der Waals surface area (Å²) in [5.41, 5.74) is 0. The first-order chi connectivity index (χ1) is 5.88. The third-order valence-corrected chi connectivity index (χ3v) is 9.19. The number of rotatable bonds is 2. The Balaban J connectivity index is 4.61. The van der Waals surface area contributed by atoms with Crippen molar-refractivity contribution < 1.29 is 13.2 Å². The van der Waals surface area contributed by atoms with Gasteiger partial charge >= 0.3 is 6.18 Å². The van der Waals surface area contributed by atoms with Gasteiger partial charge in [0.15, 0.2) is 0 Å². The van der Waals surface area contributed by atoms with Crippen LogP contribution in [0.3, 0.4) is 0 Å². The Morgan fingerprint density at radius 1 is 1.14 bits per heavy atom. The van der Waals surface area contributed by atoms with Crippen molar-refractivity contribution in [3.8, 4) is 0 Å². The topological polar surface area (TPSA) is 3.24 Å². The Kier molecular flexibility index (Phi) is 4.09. The smallest absolute Gasteiger partial charge is 0.233 e. The van der Waals surface area contributed by atoms with Gasteiger partial charge in [0, 0.05) is 0 Å². The summed E-state index contributed by atoms with van der Waals surface area (Å²) in [4.78, 5) is 0. The molecule has 0 amide bonds. The zero-order chi connectivity index (χ0) is 11.8. The maximum atomic E-state index is 12.1. The molecule has 0 fully saturated rings. The van der Waals surface area contributed by atoms with E-state index in [-0.39, 0.29) is 5.04 Å². The highest BCUT2D eigenvalue weighted by atomic mass is 35.5. The first kappa shape index (κ1) is 14.3. The fourth-order valence-electron chi connectivity index (χ4n) is 0.719. The van der Waals surface area contributed by atoms with Gasteiger partial charge in [-0.1, -0.05) is 33.9 Å². The van der Waals surface area contributed by atoms with Crippen LogP contribution in [0.15, 0.2) is 0 Å². The molecule has 0 saturated heterocycles. The standard InChI is InChI=1S/C8H17ClF3NSi/c1-7(2,3)14(4,5)13(9)6-8(10,11)12/h6H2,1-5H3. The largest absolute Gasteiger partial charge is 0.401 e. The highest BCUT2D eigenvalue weighted by Crippen LogP contribution is 2.40. The van der Waals surface area contributed by atoms with Gasteiger partial charge in [-0.05, 0) is 16.8 Å². The van der Waals surface area contributed by atoms with Crippen LogP contribution in [-0.4, -0.2) is 25.0 Å². The summed E-state index contributed by atoms with van der Waals surface area (Å²) in [6, 6.07) is 0. The Hall–Kier alpha value is 0.257. The van der Waals surface area contributed by atoms with Gasteiger partial charge in [0.05, 0.1) is 0 Å². The second-order valence-electron chi connectivity index (χ2n) is 4.94. The van der Waals surface area contributed by atoms with E-state index in [1.807, 2.05) is 33.9 Å². The lowest BCUT2D eigenvalue weighted by atomic mass is 10.2. The number of halogens is 4. The summed E-state index contributed by atoms with van der Waals surface area (Å²) in [5, 5.41) is -0.181. The van der Waals surface area contributed by atoms with Gasteiger partial charge in [-0.3, -0.25) is 0 Å². The van der Waals surface area contributed by atoms with Crippen LogP contribution in [0.4, 0.5) is 13.2 Å². The van der Waals surface area contributed by atoms with Crippen LogP contribution in [0.1, 0.15) is 20.8 Å². The lowest BCUT2D eigenvalue weighted by Gasteiger charge is -2.41. The second kappa shape index (κ2) is 4.02. The SMILES string of the molecule is CC(C)(C)[Si](C)(C)N(Cl)CC(F)(F)F. The van der Waals surface area contributed by atoms with Crippen LogP contribution in [0.2, 0.25) is 18.1 Å². The molecule has 0 saturated carbocycles. The second-order valence-corrected chi connectivity index (χ2v) is 10.8. The molecule has 0 N–H and O–H groups in total.